The molecule has 1 heterocycles. The molecule has 1 aliphatic carbocycles. The van der Waals surface area contributed by atoms with Gasteiger partial charge in [-0.3, -0.25) is 14.4 Å². The van der Waals surface area contributed by atoms with Crippen molar-refractivity contribution >= 4 is 17.8 Å². The molecule has 2 aliphatic rings. The summed E-state index contributed by atoms with van der Waals surface area (Å²) in [6.45, 7) is 2.99. The number of methoxy groups -OCH3 is 1. The van der Waals surface area contributed by atoms with E-state index in [1.807, 2.05) is 35.2 Å². The molecule has 1 aromatic rings. The monoisotopic (exact) mass is 386 g/mol. The molecule has 2 fully saturated rings. The lowest BCUT2D eigenvalue weighted by Gasteiger charge is -2.48. The number of hydrogen-bond donors (Lipinski definition) is 1. The maximum atomic E-state index is 13.2. The van der Waals surface area contributed by atoms with Gasteiger partial charge in [-0.25, -0.2) is 0 Å². The second kappa shape index (κ2) is 8.76. The van der Waals surface area contributed by atoms with Crippen molar-refractivity contribution in [3.63, 3.8) is 0 Å². The number of piperidine rings is 1. The van der Waals surface area contributed by atoms with Crippen LogP contribution in [0.5, 0.6) is 0 Å². The molecule has 2 amide bonds. The molecule has 1 unspecified atom stereocenters. The minimum absolute atomic E-state index is 0.0767. The molecule has 0 spiro atoms. The third-order valence-electron chi connectivity index (χ3n) is 6.43. The molecule has 1 atom stereocenters. The first-order valence-corrected chi connectivity index (χ1v) is 10.2. The Morgan fingerprint density at radius 2 is 1.82 bits per heavy atom. The smallest absolute Gasteiger partial charge is 0.312 e. The van der Waals surface area contributed by atoms with Crippen molar-refractivity contribution in [1.82, 2.24) is 10.2 Å². The number of esters is 1. The summed E-state index contributed by atoms with van der Waals surface area (Å²) < 4.78 is 5.07. The van der Waals surface area contributed by atoms with Crippen LogP contribution < -0.4 is 5.32 Å². The van der Waals surface area contributed by atoms with Gasteiger partial charge in [0.05, 0.1) is 12.5 Å². The van der Waals surface area contributed by atoms with E-state index in [1.165, 1.54) is 7.11 Å². The van der Waals surface area contributed by atoms with Gasteiger partial charge in [0.15, 0.2) is 0 Å². The SMILES string of the molecule is CCC(=O)NC(C(=O)N1CCC(C2(C(=O)OC)CCC2)CC1)c1ccccc1. The van der Waals surface area contributed by atoms with Gasteiger partial charge in [-0.15, -0.1) is 0 Å². The van der Waals surface area contributed by atoms with Crippen LogP contribution in [0.1, 0.15) is 57.1 Å². The van der Waals surface area contributed by atoms with Crippen LogP contribution in [-0.4, -0.2) is 42.9 Å². The molecule has 1 aromatic carbocycles. The van der Waals surface area contributed by atoms with Gasteiger partial charge in [-0.05, 0) is 37.2 Å². The summed E-state index contributed by atoms with van der Waals surface area (Å²) >= 11 is 0. The predicted octanol–water partition coefficient (Wildman–Crippen LogP) is 2.84. The van der Waals surface area contributed by atoms with Gasteiger partial charge >= 0.3 is 5.97 Å². The number of benzene rings is 1. The summed E-state index contributed by atoms with van der Waals surface area (Å²) in [5.41, 5.74) is 0.445. The fourth-order valence-electron chi connectivity index (χ4n) is 4.57. The van der Waals surface area contributed by atoms with E-state index in [0.29, 0.717) is 19.5 Å². The molecule has 6 heteroatoms. The highest BCUT2D eigenvalue weighted by Gasteiger charge is 2.51. The van der Waals surface area contributed by atoms with Crippen LogP contribution in [0.3, 0.4) is 0 Å². The Morgan fingerprint density at radius 3 is 2.32 bits per heavy atom. The molecular formula is C22H30N2O4. The van der Waals surface area contributed by atoms with Gasteiger partial charge in [-0.1, -0.05) is 43.7 Å². The van der Waals surface area contributed by atoms with Crippen LogP contribution in [0.15, 0.2) is 30.3 Å². The topological polar surface area (TPSA) is 75.7 Å². The number of carbonyl (C=O) groups is 3. The minimum atomic E-state index is -0.663. The first-order chi connectivity index (χ1) is 13.5. The number of nitrogens with one attached hydrogen (secondary N) is 1. The predicted molar refractivity (Wildman–Crippen MR) is 105 cm³/mol. The Bertz CT molecular complexity index is 707. The van der Waals surface area contributed by atoms with Crippen LogP contribution in [0.2, 0.25) is 0 Å². The number of rotatable bonds is 6. The van der Waals surface area contributed by atoms with E-state index in [9.17, 15) is 14.4 Å². The Morgan fingerprint density at radius 1 is 1.18 bits per heavy atom. The van der Waals surface area contributed by atoms with Gasteiger partial charge < -0.3 is 15.0 Å². The highest BCUT2D eigenvalue weighted by molar-refractivity contribution is 5.88. The van der Waals surface area contributed by atoms with E-state index in [2.05, 4.69) is 5.32 Å². The minimum Gasteiger partial charge on any atom is -0.469 e. The van der Waals surface area contributed by atoms with Crippen molar-refractivity contribution < 1.29 is 19.1 Å². The van der Waals surface area contributed by atoms with Crippen LogP contribution in [0.4, 0.5) is 0 Å². The van der Waals surface area contributed by atoms with Crippen molar-refractivity contribution in [2.24, 2.45) is 11.3 Å². The highest BCUT2D eigenvalue weighted by atomic mass is 16.5. The van der Waals surface area contributed by atoms with Crippen molar-refractivity contribution in [3.8, 4) is 0 Å². The number of hydrogen-bond acceptors (Lipinski definition) is 4. The van der Waals surface area contributed by atoms with Crippen LogP contribution >= 0.6 is 0 Å². The van der Waals surface area contributed by atoms with E-state index in [1.54, 1.807) is 6.92 Å². The second-order valence-corrected chi connectivity index (χ2v) is 7.87. The number of amides is 2. The van der Waals surface area contributed by atoms with Crippen molar-refractivity contribution in [3.05, 3.63) is 35.9 Å². The zero-order valence-corrected chi connectivity index (χ0v) is 16.8. The fourth-order valence-corrected chi connectivity index (χ4v) is 4.57. The summed E-state index contributed by atoms with van der Waals surface area (Å²) in [5, 5.41) is 2.87. The molecule has 0 bridgehead atoms. The Kier molecular flexibility index (Phi) is 6.37. The third kappa shape index (κ3) is 3.91. The molecular weight excluding hydrogens is 356 g/mol. The zero-order chi connectivity index (χ0) is 20.1. The lowest BCUT2D eigenvalue weighted by Crippen LogP contribution is -2.52. The Balaban J connectivity index is 1.68. The van der Waals surface area contributed by atoms with Gasteiger partial charge in [0.1, 0.15) is 6.04 Å². The molecule has 1 N–H and O–H groups in total. The first-order valence-electron chi connectivity index (χ1n) is 10.2. The molecule has 0 radical (unpaired) electrons. The Labute approximate surface area is 166 Å². The van der Waals surface area contributed by atoms with Crippen molar-refractivity contribution in [2.45, 2.75) is 51.5 Å². The maximum absolute atomic E-state index is 13.2. The standard InChI is InChI=1S/C22H30N2O4/c1-3-18(25)23-19(16-8-5-4-6-9-16)20(26)24-14-10-17(11-15-24)22(12-7-13-22)21(27)28-2/h4-6,8-9,17,19H,3,7,10-15H2,1-2H3,(H,23,25). The van der Waals surface area contributed by atoms with Crippen molar-refractivity contribution in [2.75, 3.05) is 20.2 Å². The average molecular weight is 386 g/mol. The van der Waals surface area contributed by atoms with Crippen LogP contribution in [-0.2, 0) is 19.1 Å². The van der Waals surface area contributed by atoms with Gasteiger partial charge in [-0.2, -0.15) is 0 Å². The van der Waals surface area contributed by atoms with Gasteiger partial charge in [0.25, 0.3) is 0 Å². The lowest BCUT2D eigenvalue weighted by atomic mass is 9.58. The Hall–Kier alpha value is -2.37. The quantitative estimate of drug-likeness (QED) is 0.763. The molecule has 6 nitrogen and oxygen atoms in total. The maximum Gasteiger partial charge on any atom is 0.312 e. The summed E-state index contributed by atoms with van der Waals surface area (Å²) in [6.07, 6.45) is 4.76. The third-order valence-corrected chi connectivity index (χ3v) is 6.43. The van der Waals surface area contributed by atoms with E-state index in [0.717, 1.165) is 37.7 Å². The van der Waals surface area contributed by atoms with E-state index >= 15 is 0 Å². The number of ether oxygens (including phenoxy) is 1. The summed E-state index contributed by atoms with van der Waals surface area (Å²) in [7, 11) is 1.46. The normalized spacial score (nSPS) is 20.0. The van der Waals surface area contributed by atoms with Crippen LogP contribution in [0, 0.1) is 11.3 Å². The summed E-state index contributed by atoms with van der Waals surface area (Å²) in [5.74, 6) is -0.0533. The molecule has 1 aliphatic heterocycles. The second-order valence-electron chi connectivity index (χ2n) is 7.87. The number of likely N-dealkylation sites (tertiary alicyclic amines) is 1. The van der Waals surface area contributed by atoms with E-state index in [4.69, 9.17) is 4.74 Å². The summed E-state index contributed by atoms with van der Waals surface area (Å²) in [6, 6.07) is 8.71. The fraction of sp³-hybridized carbons (Fsp3) is 0.591. The van der Waals surface area contributed by atoms with E-state index < -0.39 is 6.04 Å². The molecule has 0 aromatic heterocycles. The zero-order valence-electron chi connectivity index (χ0n) is 16.8. The van der Waals surface area contributed by atoms with Crippen molar-refractivity contribution in [1.29, 1.82) is 0 Å². The molecule has 3 rings (SSSR count). The molecule has 28 heavy (non-hydrogen) atoms. The first kappa shape index (κ1) is 20.4. The average Bonchev–Trinajstić information content (AvgIpc) is 2.71. The lowest BCUT2D eigenvalue weighted by molar-refractivity contribution is -0.166. The summed E-state index contributed by atoms with van der Waals surface area (Å²) in [4.78, 5) is 39.3. The molecule has 1 saturated heterocycles. The highest BCUT2D eigenvalue weighted by Crippen LogP contribution is 2.51. The largest absolute Gasteiger partial charge is 0.469 e. The number of carbonyl (C=O) groups excluding carboxylic acids is 3. The molecule has 152 valence electrons. The van der Waals surface area contributed by atoms with Gasteiger partial charge in [0, 0.05) is 19.5 Å². The number of nitrogens with zero attached hydrogens (tertiary/aromatic N) is 1. The van der Waals surface area contributed by atoms with Crippen LogP contribution in [0.25, 0.3) is 0 Å². The van der Waals surface area contributed by atoms with Gasteiger partial charge in [0.2, 0.25) is 11.8 Å². The van der Waals surface area contributed by atoms with E-state index in [-0.39, 0.29) is 29.1 Å². The molecule has 1 saturated carbocycles.